The molecule has 0 aromatic heterocycles. The number of rotatable bonds is 19. The van der Waals surface area contributed by atoms with Crippen LogP contribution >= 0.6 is 7.82 Å². The zero-order valence-electron chi connectivity index (χ0n) is 17.5. The molecule has 0 aliphatic rings. The molecule has 6 nitrogen and oxygen atoms in total. The van der Waals surface area contributed by atoms with E-state index in [0.29, 0.717) is 18.8 Å². The van der Waals surface area contributed by atoms with Crippen molar-refractivity contribution in [3.05, 3.63) is 12.2 Å². The summed E-state index contributed by atoms with van der Waals surface area (Å²) in [7, 11) is -3.63. The van der Waals surface area contributed by atoms with E-state index in [2.05, 4.69) is 20.4 Å². The lowest BCUT2D eigenvalue weighted by Gasteiger charge is -2.18. The summed E-state index contributed by atoms with van der Waals surface area (Å²) in [4.78, 5) is 11.4. The third-order valence-corrected chi connectivity index (χ3v) is 5.41. The molecule has 0 N–H and O–H groups in total. The molecule has 0 radical (unpaired) electrons. The lowest BCUT2D eigenvalue weighted by Crippen LogP contribution is -2.12. The minimum absolute atomic E-state index is 0.0184. The molecule has 0 amide bonds. The fourth-order valence-corrected chi connectivity index (χ4v) is 3.51. The number of esters is 1. The first-order valence-corrected chi connectivity index (χ1v) is 11.8. The lowest BCUT2D eigenvalue weighted by atomic mass is 10.2. The molecule has 0 aliphatic carbocycles. The molecule has 0 spiro atoms. The molecule has 0 saturated heterocycles. The van der Waals surface area contributed by atoms with E-state index in [4.69, 9.17) is 18.3 Å². The summed E-state index contributed by atoms with van der Waals surface area (Å²) >= 11 is 0. The quantitative estimate of drug-likeness (QED) is 0.110. The van der Waals surface area contributed by atoms with Gasteiger partial charge in [-0.3, -0.25) is 13.6 Å². The van der Waals surface area contributed by atoms with Gasteiger partial charge in [0.25, 0.3) is 0 Å². The number of phosphoric ester groups is 1. The Morgan fingerprint density at radius 1 is 0.741 bits per heavy atom. The van der Waals surface area contributed by atoms with Crippen molar-refractivity contribution in [1.82, 2.24) is 0 Å². The van der Waals surface area contributed by atoms with Gasteiger partial charge in [0.15, 0.2) is 0 Å². The van der Waals surface area contributed by atoms with Gasteiger partial charge in [-0.15, -0.1) is 0 Å². The predicted octanol–water partition coefficient (Wildman–Crippen LogP) is 6.20. The van der Waals surface area contributed by atoms with Crippen LogP contribution in [0.1, 0.15) is 85.0 Å². The predicted molar refractivity (Wildman–Crippen MR) is 109 cm³/mol. The van der Waals surface area contributed by atoms with Gasteiger partial charge in [-0.2, -0.15) is 0 Å². The SMILES string of the molecule is C=C(C)C(=O)OCCOP(=O)(OCCCCCCC)OCCCCCCC. The topological polar surface area (TPSA) is 71.1 Å². The Kier molecular flexibility index (Phi) is 17.0. The van der Waals surface area contributed by atoms with Crippen LogP contribution in [0.15, 0.2) is 12.2 Å². The molecule has 0 saturated carbocycles. The van der Waals surface area contributed by atoms with Crippen molar-refractivity contribution in [3.63, 3.8) is 0 Å². The van der Waals surface area contributed by atoms with Crippen LogP contribution in [0.3, 0.4) is 0 Å². The van der Waals surface area contributed by atoms with Crippen molar-refractivity contribution in [1.29, 1.82) is 0 Å². The van der Waals surface area contributed by atoms with E-state index in [0.717, 1.165) is 38.5 Å². The second kappa shape index (κ2) is 17.4. The summed E-state index contributed by atoms with van der Waals surface area (Å²) in [5.74, 6) is -0.498. The van der Waals surface area contributed by atoms with Gasteiger partial charge in [0.1, 0.15) is 6.61 Å². The molecule has 0 fully saturated rings. The van der Waals surface area contributed by atoms with E-state index >= 15 is 0 Å². The third-order valence-electron chi connectivity index (χ3n) is 3.91. The highest BCUT2D eigenvalue weighted by atomic mass is 31.2. The van der Waals surface area contributed by atoms with Crippen LogP contribution in [0, 0.1) is 0 Å². The van der Waals surface area contributed by atoms with E-state index in [1.54, 1.807) is 6.92 Å². The van der Waals surface area contributed by atoms with Crippen LogP contribution in [0.5, 0.6) is 0 Å². The summed E-state index contributed by atoms with van der Waals surface area (Å²) in [6, 6.07) is 0. The minimum atomic E-state index is -3.63. The van der Waals surface area contributed by atoms with Gasteiger partial charge in [0.05, 0.1) is 19.8 Å². The molecule has 7 heteroatoms. The maximum absolute atomic E-state index is 12.7. The molecular formula is C20H39O6P. The number of carbonyl (C=O) groups excluding carboxylic acids is 1. The summed E-state index contributed by atoms with van der Waals surface area (Å²) in [6.07, 6.45) is 10.7. The fraction of sp³-hybridized carbons (Fsp3) is 0.850. The van der Waals surface area contributed by atoms with E-state index in [1.165, 1.54) is 25.7 Å². The van der Waals surface area contributed by atoms with Crippen molar-refractivity contribution in [3.8, 4) is 0 Å². The summed E-state index contributed by atoms with van der Waals surface area (Å²) in [6.45, 7) is 10.0. The van der Waals surface area contributed by atoms with Gasteiger partial charge in [-0.25, -0.2) is 9.36 Å². The Hall–Kier alpha value is -0.680. The monoisotopic (exact) mass is 406 g/mol. The highest BCUT2D eigenvalue weighted by Gasteiger charge is 2.26. The second-order valence-corrected chi connectivity index (χ2v) is 8.36. The van der Waals surface area contributed by atoms with Crippen LogP contribution in [-0.2, 0) is 27.7 Å². The van der Waals surface area contributed by atoms with E-state index in [-0.39, 0.29) is 13.2 Å². The molecule has 0 aliphatic heterocycles. The number of ether oxygens (including phenoxy) is 1. The van der Waals surface area contributed by atoms with Gasteiger partial charge in [-0.05, 0) is 19.8 Å². The normalized spacial score (nSPS) is 11.5. The first-order valence-electron chi connectivity index (χ1n) is 10.3. The van der Waals surface area contributed by atoms with Gasteiger partial charge in [-0.1, -0.05) is 71.8 Å². The van der Waals surface area contributed by atoms with E-state index in [9.17, 15) is 9.36 Å². The molecular weight excluding hydrogens is 367 g/mol. The number of phosphoric acid groups is 1. The number of hydrogen-bond acceptors (Lipinski definition) is 6. The van der Waals surface area contributed by atoms with Crippen molar-refractivity contribution in [2.75, 3.05) is 26.4 Å². The number of unbranched alkanes of at least 4 members (excludes halogenated alkanes) is 8. The highest BCUT2D eigenvalue weighted by molar-refractivity contribution is 7.48. The Bertz CT molecular complexity index is 418. The maximum Gasteiger partial charge on any atom is 0.474 e. The van der Waals surface area contributed by atoms with Gasteiger partial charge >= 0.3 is 13.8 Å². The molecule has 0 unspecified atom stereocenters. The number of carbonyl (C=O) groups is 1. The van der Waals surface area contributed by atoms with Crippen LogP contribution in [0.25, 0.3) is 0 Å². The molecule has 160 valence electrons. The van der Waals surface area contributed by atoms with Crippen molar-refractivity contribution >= 4 is 13.8 Å². The Morgan fingerprint density at radius 2 is 1.19 bits per heavy atom. The zero-order valence-corrected chi connectivity index (χ0v) is 18.4. The van der Waals surface area contributed by atoms with Gasteiger partial charge in [0.2, 0.25) is 0 Å². The van der Waals surface area contributed by atoms with Crippen LogP contribution in [0.4, 0.5) is 0 Å². The van der Waals surface area contributed by atoms with Crippen LogP contribution in [0.2, 0.25) is 0 Å². The second-order valence-electron chi connectivity index (χ2n) is 6.69. The lowest BCUT2D eigenvalue weighted by molar-refractivity contribution is -0.139. The Morgan fingerprint density at radius 3 is 1.63 bits per heavy atom. The highest BCUT2D eigenvalue weighted by Crippen LogP contribution is 2.49. The van der Waals surface area contributed by atoms with E-state index in [1.807, 2.05) is 0 Å². The van der Waals surface area contributed by atoms with E-state index < -0.39 is 13.8 Å². The Balaban J connectivity index is 4.22. The fourth-order valence-electron chi connectivity index (χ4n) is 2.28. The molecule has 0 rings (SSSR count). The van der Waals surface area contributed by atoms with Gasteiger partial charge in [0, 0.05) is 5.57 Å². The zero-order chi connectivity index (χ0) is 20.4. The molecule has 0 heterocycles. The first-order chi connectivity index (χ1) is 12.9. The van der Waals surface area contributed by atoms with Crippen molar-refractivity contribution in [2.45, 2.75) is 85.0 Å². The average molecular weight is 407 g/mol. The molecule has 0 atom stereocenters. The molecule has 27 heavy (non-hydrogen) atoms. The average Bonchev–Trinajstić information content (AvgIpc) is 2.64. The first kappa shape index (κ1) is 26.3. The van der Waals surface area contributed by atoms with Crippen LogP contribution < -0.4 is 0 Å². The molecule has 0 aromatic rings. The van der Waals surface area contributed by atoms with Crippen molar-refractivity contribution < 1.29 is 27.7 Å². The summed E-state index contributed by atoms with van der Waals surface area (Å²) < 4.78 is 33.9. The van der Waals surface area contributed by atoms with Crippen LogP contribution in [-0.4, -0.2) is 32.4 Å². The maximum atomic E-state index is 12.7. The summed E-state index contributed by atoms with van der Waals surface area (Å²) in [5, 5.41) is 0. The third kappa shape index (κ3) is 16.0. The molecule has 0 bridgehead atoms. The standard InChI is InChI=1S/C20H39O6P/c1-5-7-9-11-13-15-24-27(22,25-16-14-12-10-8-6-2)26-18-17-23-20(21)19(3)4/h3,5-18H2,1-2,4H3. The summed E-state index contributed by atoms with van der Waals surface area (Å²) in [5.41, 5.74) is 0.310. The number of hydrogen-bond donors (Lipinski definition) is 0. The smallest absolute Gasteiger partial charge is 0.460 e. The minimum Gasteiger partial charge on any atom is -0.460 e. The Labute approximate surface area is 165 Å². The van der Waals surface area contributed by atoms with Gasteiger partial charge < -0.3 is 4.74 Å². The largest absolute Gasteiger partial charge is 0.474 e. The van der Waals surface area contributed by atoms with Crippen molar-refractivity contribution in [2.24, 2.45) is 0 Å². The molecule has 0 aromatic carbocycles.